The number of rotatable bonds is 12. The van der Waals surface area contributed by atoms with E-state index in [1.54, 1.807) is 38.4 Å². The van der Waals surface area contributed by atoms with Crippen LogP contribution in [0.5, 0.6) is 23.0 Å². The molecular weight excluding hydrogens is 570 g/mol. The summed E-state index contributed by atoms with van der Waals surface area (Å²) in [7, 11) is 4.74. The maximum atomic E-state index is 14.0. The molecule has 3 aromatic carbocycles. The summed E-state index contributed by atoms with van der Waals surface area (Å²) < 4.78 is 28.7. The molecule has 1 aliphatic rings. The second kappa shape index (κ2) is 13.0. The van der Waals surface area contributed by atoms with Crippen LogP contribution in [0.25, 0.3) is 11.0 Å². The van der Waals surface area contributed by atoms with Gasteiger partial charge in [-0.2, -0.15) is 0 Å². The molecule has 226 valence electrons. The Bertz CT molecular complexity index is 1710. The van der Waals surface area contributed by atoms with Crippen LogP contribution in [0.15, 0.2) is 57.7 Å². The summed E-state index contributed by atoms with van der Waals surface area (Å²) in [6.45, 7) is 4.85. The molecule has 5 rings (SSSR count). The smallest absolute Gasteiger partial charge is 0.290 e. The number of carbonyl (C=O) groups is 1. The number of fused-ring (bicyclic) bond motifs is 2. The zero-order valence-corrected chi connectivity index (χ0v) is 25.9. The molecular formula is C34H36ClNO7. The second-order valence-electron chi connectivity index (χ2n) is 10.6. The molecule has 4 aromatic rings. The Hall–Kier alpha value is -4.17. The molecule has 9 heteroatoms. The Labute approximate surface area is 256 Å². The highest BCUT2D eigenvalue weighted by atomic mass is 35.5. The van der Waals surface area contributed by atoms with Crippen molar-refractivity contribution in [3.05, 3.63) is 91.8 Å². The van der Waals surface area contributed by atoms with E-state index in [9.17, 15) is 9.59 Å². The van der Waals surface area contributed by atoms with Gasteiger partial charge in [-0.15, -0.1) is 0 Å². The van der Waals surface area contributed by atoms with E-state index in [4.69, 9.17) is 35.0 Å². The normalized spacial score (nSPS) is 14.2. The Morgan fingerprint density at radius 1 is 0.884 bits per heavy atom. The van der Waals surface area contributed by atoms with Crippen LogP contribution in [-0.4, -0.2) is 45.3 Å². The molecule has 0 radical (unpaired) electrons. The standard InChI is InChI=1S/C34H36ClNO7/c1-6-7-8-15-42-26-12-10-22(18-29(26)41-5)31-30-32(37)23-19-24(35)20(2)16-27(23)43-33(30)34(38)36(31)14-13-21-9-11-25(39-3)28(17-21)40-4/h9-12,16-19,31H,6-8,13-15H2,1-5H3. The van der Waals surface area contributed by atoms with Gasteiger partial charge in [0, 0.05) is 11.6 Å². The van der Waals surface area contributed by atoms with E-state index in [1.165, 1.54) is 0 Å². The van der Waals surface area contributed by atoms with Gasteiger partial charge in [0.05, 0.1) is 44.9 Å². The minimum Gasteiger partial charge on any atom is -0.493 e. The Morgan fingerprint density at radius 2 is 1.60 bits per heavy atom. The van der Waals surface area contributed by atoms with Crippen LogP contribution >= 0.6 is 11.6 Å². The van der Waals surface area contributed by atoms with Crippen molar-refractivity contribution in [3.63, 3.8) is 0 Å². The molecule has 1 unspecified atom stereocenters. The molecule has 0 N–H and O–H groups in total. The third-order valence-corrected chi connectivity index (χ3v) is 8.25. The van der Waals surface area contributed by atoms with Crippen molar-refractivity contribution < 1.29 is 28.2 Å². The van der Waals surface area contributed by atoms with Crippen LogP contribution in [0.1, 0.15) is 65.0 Å². The molecule has 8 nitrogen and oxygen atoms in total. The SMILES string of the molecule is CCCCCOc1ccc(C2c3c(oc4cc(C)c(Cl)cc4c3=O)C(=O)N2CCc2ccc(OC)c(OC)c2)cc1OC. The zero-order valence-electron chi connectivity index (χ0n) is 25.1. The number of unbranched alkanes of at least 4 members (excludes halogenated alkanes) is 2. The molecule has 1 atom stereocenters. The molecule has 0 spiro atoms. The first-order valence-electron chi connectivity index (χ1n) is 14.4. The lowest BCUT2D eigenvalue weighted by molar-refractivity contribution is 0.0730. The average Bonchev–Trinajstić information content (AvgIpc) is 3.30. The first-order chi connectivity index (χ1) is 20.8. The Kier molecular flexibility index (Phi) is 9.16. The molecule has 1 aromatic heterocycles. The summed E-state index contributed by atoms with van der Waals surface area (Å²) in [5.41, 5.74) is 2.73. The predicted molar refractivity (Wildman–Crippen MR) is 166 cm³/mol. The Balaban J connectivity index is 1.58. The van der Waals surface area contributed by atoms with Gasteiger partial charge in [-0.1, -0.05) is 43.5 Å². The summed E-state index contributed by atoms with van der Waals surface area (Å²) in [5.74, 6) is 2.03. The number of ether oxygens (including phenoxy) is 4. The maximum Gasteiger partial charge on any atom is 0.290 e. The molecule has 0 saturated heterocycles. The number of hydrogen-bond donors (Lipinski definition) is 0. The number of aryl methyl sites for hydroxylation is 1. The van der Waals surface area contributed by atoms with Gasteiger partial charge < -0.3 is 28.3 Å². The minimum atomic E-state index is -0.702. The Morgan fingerprint density at radius 3 is 2.33 bits per heavy atom. The predicted octanol–water partition coefficient (Wildman–Crippen LogP) is 7.14. The lowest BCUT2D eigenvalue weighted by atomic mass is 9.97. The van der Waals surface area contributed by atoms with Crippen molar-refractivity contribution in [2.24, 2.45) is 0 Å². The number of amides is 1. The van der Waals surface area contributed by atoms with E-state index in [-0.39, 0.29) is 22.7 Å². The summed E-state index contributed by atoms with van der Waals surface area (Å²) in [6, 6.07) is 13.8. The lowest BCUT2D eigenvalue weighted by Gasteiger charge is -2.26. The molecule has 0 fully saturated rings. The summed E-state index contributed by atoms with van der Waals surface area (Å²) in [5, 5.41) is 0.786. The first-order valence-corrected chi connectivity index (χ1v) is 14.8. The van der Waals surface area contributed by atoms with E-state index in [1.807, 2.05) is 43.3 Å². The van der Waals surface area contributed by atoms with E-state index < -0.39 is 6.04 Å². The minimum absolute atomic E-state index is 0.0374. The molecule has 1 amide bonds. The van der Waals surface area contributed by atoms with Gasteiger partial charge in [0.15, 0.2) is 28.4 Å². The number of methoxy groups -OCH3 is 3. The largest absolute Gasteiger partial charge is 0.493 e. The second-order valence-corrected chi connectivity index (χ2v) is 11.0. The quantitative estimate of drug-likeness (QED) is 0.159. The number of carbonyl (C=O) groups excluding carboxylic acids is 1. The van der Waals surface area contributed by atoms with Crippen molar-refractivity contribution in [1.29, 1.82) is 0 Å². The van der Waals surface area contributed by atoms with Crippen LogP contribution in [0, 0.1) is 6.92 Å². The molecule has 43 heavy (non-hydrogen) atoms. The number of benzene rings is 3. The highest BCUT2D eigenvalue weighted by Gasteiger charge is 2.43. The number of hydrogen-bond acceptors (Lipinski definition) is 7. The number of halogens is 1. The highest BCUT2D eigenvalue weighted by molar-refractivity contribution is 6.32. The van der Waals surface area contributed by atoms with Crippen LogP contribution in [-0.2, 0) is 6.42 Å². The summed E-state index contributed by atoms with van der Waals surface area (Å²) >= 11 is 6.40. The van der Waals surface area contributed by atoms with Crippen molar-refractivity contribution in [3.8, 4) is 23.0 Å². The van der Waals surface area contributed by atoms with Gasteiger partial charge in [0.25, 0.3) is 5.91 Å². The molecule has 2 heterocycles. The fourth-order valence-corrected chi connectivity index (χ4v) is 5.68. The molecule has 0 aliphatic carbocycles. The lowest BCUT2D eigenvalue weighted by Crippen LogP contribution is -2.31. The topological polar surface area (TPSA) is 87.4 Å². The van der Waals surface area contributed by atoms with E-state index >= 15 is 0 Å². The third kappa shape index (κ3) is 5.89. The van der Waals surface area contributed by atoms with Crippen molar-refractivity contribution in [2.45, 2.75) is 45.6 Å². The van der Waals surface area contributed by atoms with E-state index in [0.717, 1.165) is 30.4 Å². The van der Waals surface area contributed by atoms with Crippen LogP contribution < -0.4 is 24.4 Å². The van der Waals surface area contributed by atoms with Crippen molar-refractivity contribution in [2.75, 3.05) is 34.5 Å². The number of nitrogens with zero attached hydrogens (tertiary/aromatic N) is 1. The fraction of sp³-hybridized carbons (Fsp3) is 0.353. The van der Waals surface area contributed by atoms with Gasteiger partial charge in [-0.25, -0.2) is 0 Å². The molecule has 1 aliphatic heterocycles. The van der Waals surface area contributed by atoms with E-state index in [0.29, 0.717) is 64.1 Å². The zero-order chi connectivity index (χ0) is 30.7. The summed E-state index contributed by atoms with van der Waals surface area (Å²) in [6.07, 6.45) is 3.61. The van der Waals surface area contributed by atoms with Crippen LogP contribution in [0.3, 0.4) is 0 Å². The van der Waals surface area contributed by atoms with Gasteiger partial charge in [-0.05, 0) is 72.9 Å². The van der Waals surface area contributed by atoms with Crippen LogP contribution in [0.2, 0.25) is 5.02 Å². The van der Waals surface area contributed by atoms with Gasteiger partial charge in [0.2, 0.25) is 5.76 Å². The average molecular weight is 606 g/mol. The monoisotopic (exact) mass is 605 g/mol. The van der Waals surface area contributed by atoms with Crippen LogP contribution in [0.4, 0.5) is 0 Å². The first kappa shape index (κ1) is 30.3. The van der Waals surface area contributed by atoms with Gasteiger partial charge in [-0.3, -0.25) is 9.59 Å². The highest BCUT2D eigenvalue weighted by Crippen LogP contribution is 2.41. The third-order valence-electron chi connectivity index (χ3n) is 7.85. The molecule has 0 bridgehead atoms. The molecule has 0 saturated carbocycles. The van der Waals surface area contributed by atoms with Crippen molar-refractivity contribution >= 4 is 28.5 Å². The summed E-state index contributed by atoms with van der Waals surface area (Å²) in [4.78, 5) is 29.7. The maximum absolute atomic E-state index is 14.0. The fourth-order valence-electron chi connectivity index (χ4n) is 5.51. The van der Waals surface area contributed by atoms with Gasteiger partial charge in [0.1, 0.15) is 5.58 Å². The van der Waals surface area contributed by atoms with Gasteiger partial charge >= 0.3 is 0 Å². The van der Waals surface area contributed by atoms with E-state index in [2.05, 4.69) is 6.92 Å². The van der Waals surface area contributed by atoms with Crippen molar-refractivity contribution in [1.82, 2.24) is 4.90 Å².